The first kappa shape index (κ1) is 20.1. The minimum atomic E-state index is -0.701. The van der Waals surface area contributed by atoms with Gasteiger partial charge in [-0.25, -0.2) is 0 Å². The molecule has 9 atom stereocenters. The van der Waals surface area contributed by atoms with Gasteiger partial charge < -0.3 is 5.73 Å². The van der Waals surface area contributed by atoms with Gasteiger partial charge >= 0.3 is 0 Å². The largest absolute Gasteiger partial charge is 0.330 e. The number of ketones is 1. The van der Waals surface area contributed by atoms with E-state index >= 15 is 0 Å². The molecule has 0 radical (unpaired) electrons. The number of carbonyl (C=O) groups excluding carboxylic acids is 1. The van der Waals surface area contributed by atoms with Gasteiger partial charge in [0.2, 0.25) is 0 Å². The van der Waals surface area contributed by atoms with Crippen LogP contribution in [0.15, 0.2) is 0 Å². The number of fused-ring (bicyclic) bond motifs is 5. The first-order valence-electron chi connectivity index (χ1n) is 11.4. The number of nitrogens with two attached hydrogens (primary N) is 1. The van der Waals surface area contributed by atoms with E-state index in [-0.39, 0.29) is 5.41 Å². The lowest BCUT2D eigenvalue weighted by Gasteiger charge is -2.62. The average Bonchev–Trinajstić information content (AvgIpc) is 2.95. The Labute approximate surface area is 168 Å². The molecule has 2 N–H and O–H groups in total. The molecule has 4 aliphatic carbocycles. The molecule has 0 bridgehead atoms. The van der Waals surface area contributed by atoms with Gasteiger partial charge in [0.1, 0.15) is 5.78 Å². The van der Waals surface area contributed by atoms with Crippen LogP contribution in [-0.2, 0) is 15.6 Å². The summed E-state index contributed by atoms with van der Waals surface area (Å²) in [5.74, 6) is 4.88. The van der Waals surface area contributed by atoms with Crippen LogP contribution in [0.1, 0.15) is 78.6 Å². The monoisotopic (exact) mass is 393 g/mol. The lowest BCUT2D eigenvalue weighted by atomic mass is 9.43. The molecule has 0 heterocycles. The van der Waals surface area contributed by atoms with Gasteiger partial charge in [0.15, 0.2) is 0 Å². The molecule has 2 unspecified atom stereocenters. The van der Waals surface area contributed by atoms with Crippen LogP contribution in [0.2, 0.25) is 0 Å². The normalized spacial score (nSPS) is 50.6. The summed E-state index contributed by atoms with van der Waals surface area (Å²) in [6, 6.07) is 0. The standard InChI is InChI=1S/C23H39NO2S/c1-15-13-16-14-17(27(26)12-4-11-24)7-9-22(16,2)19-8-10-23(3)18(21(15)19)5-6-20(23)25/h15-19,21H,4-14,24H2,1-3H3/t15-,16?,17-,18+,19+,21+,22+,23+,27?/m1/s1. The molecule has 0 aromatic carbocycles. The summed E-state index contributed by atoms with van der Waals surface area (Å²) in [6.07, 6.45) is 9.99. The Morgan fingerprint density at radius 1 is 1.11 bits per heavy atom. The van der Waals surface area contributed by atoms with Crippen LogP contribution in [0, 0.1) is 40.4 Å². The first-order valence-corrected chi connectivity index (χ1v) is 12.8. The fourth-order valence-electron chi connectivity index (χ4n) is 8.00. The lowest BCUT2D eigenvalue weighted by molar-refractivity contribution is -0.146. The number of hydrogen-bond donors (Lipinski definition) is 1. The van der Waals surface area contributed by atoms with Crippen LogP contribution in [0.25, 0.3) is 0 Å². The molecule has 4 saturated carbocycles. The molecule has 0 amide bonds. The number of carbonyl (C=O) groups is 1. The molecular formula is C23H39NO2S. The van der Waals surface area contributed by atoms with Gasteiger partial charge in [0, 0.05) is 33.6 Å². The molecular weight excluding hydrogens is 354 g/mol. The Morgan fingerprint density at radius 3 is 2.63 bits per heavy atom. The Balaban J connectivity index is 1.54. The van der Waals surface area contributed by atoms with E-state index in [0.29, 0.717) is 34.8 Å². The van der Waals surface area contributed by atoms with Gasteiger partial charge in [-0.2, -0.15) is 0 Å². The number of hydrogen-bond acceptors (Lipinski definition) is 3. The van der Waals surface area contributed by atoms with Crippen LogP contribution >= 0.6 is 0 Å². The van der Waals surface area contributed by atoms with E-state index in [2.05, 4.69) is 20.8 Å². The maximum atomic E-state index is 12.7. The maximum absolute atomic E-state index is 12.7. The molecule has 0 aromatic rings. The zero-order valence-corrected chi connectivity index (χ0v) is 18.4. The van der Waals surface area contributed by atoms with Crippen molar-refractivity contribution in [1.29, 1.82) is 0 Å². The van der Waals surface area contributed by atoms with E-state index < -0.39 is 10.8 Å². The highest BCUT2D eigenvalue weighted by molar-refractivity contribution is 7.85. The molecule has 154 valence electrons. The third-order valence-electron chi connectivity index (χ3n) is 9.61. The molecule has 27 heavy (non-hydrogen) atoms. The first-order chi connectivity index (χ1) is 12.8. The fraction of sp³-hybridized carbons (Fsp3) is 0.957. The molecule has 4 rings (SSSR count). The molecule has 4 aliphatic rings. The summed E-state index contributed by atoms with van der Waals surface area (Å²) in [4.78, 5) is 12.6. The molecule has 3 nitrogen and oxygen atoms in total. The van der Waals surface area contributed by atoms with Gasteiger partial charge in [-0.1, -0.05) is 20.8 Å². The summed E-state index contributed by atoms with van der Waals surface area (Å²) < 4.78 is 12.7. The zero-order valence-electron chi connectivity index (χ0n) is 17.5. The Kier molecular flexibility index (Phi) is 5.38. The summed E-state index contributed by atoms with van der Waals surface area (Å²) >= 11 is 0. The van der Waals surface area contributed by atoms with E-state index in [0.717, 1.165) is 62.0 Å². The van der Waals surface area contributed by atoms with Crippen molar-refractivity contribution in [2.45, 2.75) is 83.8 Å². The topological polar surface area (TPSA) is 60.2 Å². The van der Waals surface area contributed by atoms with Crippen LogP contribution < -0.4 is 5.73 Å². The van der Waals surface area contributed by atoms with Crippen LogP contribution in [0.5, 0.6) is 0 Å². The summed E-state index contributed by atoms with van der Waals surface area (Å²) in [5, 5.41) is 0.389. The van der Waals surface area contributed by atoms with Crippen LogP contribution in [0.4, 0.5) is 0 Å². The Hall–Kier alpha value is -0.220. The quantitative estimate of drug-likeness (QED) is 0.774. The van der Waals surface area contributed by atoms with Gasteiger partial charge in [-0.3, -0.25) is 9.00 Å². The third-order valence-corrected chi connectivity index (χ3v) is 11.5. The molecule has 0 saturated heterocycles. The zero-order chi connectivity index (χ0) is 19.4. The van der Waals surface area contributed by atoms with Gasteiger partial charge in [0.25, 0.3) is 0 Å². The van der Waals surface area contributed by atoms with Crippen molar-refractivity contribution < 1.29 is 9.00 Å². The predicted octanol–water partition coefficient (Wildman–Crippen LogP) is 4.31. The number of rotatable bonds is 4. The van der Waals surface area contributed by atoms with Gasteiger partial charge in [-0.05, 0) is 92.9 Å². The molecule has 4 heteroatoms. The average molecular weight is 394 g/mol. The Morgan fingerprint density at radius 2 is 1.89 bits per heavy atom. The van der Waals surface area contributed by atoms with Crippen molar-refractivity contribution in [3.63, 3.8) is 0 Å². The van der Waals surface area contributed by atoms with E-state index in [9.17, 15) is 9.00 Å². The van der Waals surface area contributed by atoms with Gasteiger partial charge in [0.05, 0.1) is 0 Å². The second kappa shape index (κ2) is 7.23. The summed E-state index contributed by atoms with van der Waals surface area (Å²) in [7, 11) is -0.701. The predicted molar refractivity (Wildman–Crippen MR) is 112 cm³/mol. The minimum absolute atomic E-state index is 0.0282. The van der Waals surface area contributed by atoms with E-state index in [1.165, 1.54) is 19.3 Å². The number of Topliss-reactive ketones (excluding diaryl/α,β-unsaturated/α-hetero) is 1. The van der Waals surface area contributed by atoms with Crippen molar-refractivity contribution in [3.8, 4) is 0 Å². The molecule has 4 fully saturated rings. The van der Waals surface area contributed by atoms with E-state index in [1.54, 1.807) is 0 Å². The van der Waals surface area contributed by atoms with Crippen molar-refractivity contribution in [3.05, 3.63) is 0 Å². The fourth-order valence-corrected chi connectivity index (χ4v) is 9.61. The third kappa shape index (κ3) is 3.08. The summed E-state index contributed by atoms with van der Waals surface area (Å²) in [5.41, 5.74) is 6.00. The van der Waals surface area contributed by atoms with E-state index in [4.69, 9.17) is 5.73 Å². The van der Waals surface area contributed by atoms with Crippen molar-refractivity contribution in [2.24, 2.45) is 46.2 Å². The van der Waals surface area contributed by atoms with Crippen LogP contribution in [0.3, 0.4) is 0 Å². The van der Waals surface area contributed by atoms with Crippen molar-refractivity contribution in [1.82, 2.24) is 0 Å². The summed E-state index contributed by atoms with van der Waals surface area (Å²) in [6.45, 7) is 7.95. The smallest absolute Gasteiger partial charge is 0.139 e. The molecule has 0 aromatic heterocycles. The van der Waals surface area contributed by atoms with Crippen LogP contribution in [-0.4, -0.2) is 27.5 Å². The molecule has 0 aliphatic heterocycles. The second-order valence-electron chi connectivity index (χ2n) is 10.7. The molecule has 0 spiro atoms. The second-order valence-corrected chi connectivity index (χ2v) is 12.6. The highest BCUT2D eigenvalue weighted by atomic mass is 32.2. The van der Waals surface area contributed by atoms with Gasteiger partial charge in [-0.15, -0.1) is 0 Å². The van der Waals surface area contributed by atoms with Crippen molar-refractivity contribution in [2.75, 3.05) is 12.3 Å². The highest BCUT2D eigenvalue weighted by Gasteiger charge is 2.62. The maximum Gasteiger partial charge on any atom is 0.139 e. The highest BCUT2D eigenvalue weighted by Crippen LogP contribution is 2.66. The van der Waals surface area contributed by atoms with Crippen molar-refractivity contribution >= 4 is 16.6 Å². The Bertz CT molecular complexity index is 621. The lowest BCUT2D eigenvalue weighted by Crippen LogP contribution is -2.56. The van der Waals surface area contributed by atoms with E-state index in [1.807, 2.05) is 0 Å². The SMILES string of the molecule is C[C@@H]1CC2C[C@H](S(=O)CCCN)CC[C@]2(C)[C@H]2CC[C@]3(C)C(=O)CC[C@H]3[C@H]12. The minimum Gasteiger partial charge on any atom is -0.330 e.